The number of hydrogen-bond donors (Lipinski definition) is 4. The van der Waals surface area contributed by atoms with Crippen molar-refractivity contribution in [1.29, 1.82) is 0 Å². The van der Waals surface area contributed by atoms with Gasteiger partial charge in [0.2, 0.25) is 0 Å². The van der Waals surface area contributed by atoms with Crippen LogP contribution in [0.15, 0.2) is 219 Å². The van der Waals surface area contributed by atoms with Crippen molar-refractivity contribution in [3.8, 4) is 0 Å². The third-order valence-corrected chi connectivity index (χ3v) is 16.6. The molecule has 0 saturated carbocycles. The van der Waals surface area contributed by atoms with Crippen molar-refractivity contribution in [1.82, 2.24) is 0 Å². The number of aliphatic hydroxyl groups is 2. The highest BCUT2D eigenvalue weighted by Crippen LogP contribution is 2.45. The topological polar surface area (TPSA) is 231 Å². The highest BCUT2D eigenvalue weighted by Gasteiger charge is 2.29. The number of hydrogen-bond acceptors (Lipinski definition) is 14. The van der Waals surface area contributed by atoms with Crippen LogP contribution in [0, 0.1) is 0 Å². The van der Waals surface area contributed by atoms with E-state index in [0.29, 0.717) is 25.7 Å². The first kappa shape index (κ1) is 96.9. The van der Waals surface area contributed by atoms with Crippen LogP contribution in [-0.4, -0.2) is 95.9 Å². The molecule has 0 aliphatic heterocycles. The molecule has 16 nitrogen and oxygen atoms in total. The first-order valence-electron chi connectivity index (χ1n) is 38.0. The molecule has 578 valence electrons. The maximum absolute atomic E-state index is 13.0. The largest absolute Gasteiger partial charge is 0.472 e. The van der Waals surface area contributed by atoms with Crippen LogP contribution in [0.3, 0.4) is 0 Å². The van der Waals surface area contributed by atoms with Crippen LogP contribution >= 0.6 is 15.6 Å². The van der Waals surface area contributed by atoms with Crippen molar-refractivity contribution < 1.29 is 75.8 Å². The van der Waals surface area contributed by atoms with E-state index in [4.69, 9.17) is 32.3 Å². The number of carbonyl (C=O) groups is 3. The number of aliphatic hydroxyl groups excluding tert-OH is 2. The fourth-order valence-corrected chi connectivity index (χ4v) is 10.6. The lowest BCUT2D eigenvalue weighted by Crippen LogP contribution is -2.30. The van der Waals surface area contributed by atoms with Crippen LogP contribution in [0.4, 0.5) is 0 Å². The number of esters is 3. The molecular formula is C85H132O16P2. The summed E-state index contributed by atoms with van der Waals surface area (Å²) in [5.41, 5.74) is 0. The Morgan fingerprint density at radius 3 is 0.777 bits per heavy atom. The number of phosphoric acid groups is 2. The summed E-state index contributed by atoms with van der Waals surface area (Å²) in [6.07, 6.45) is 101. The van der Waals surface area contributed by atoms with E-state index in [0.717, 1.165) is 173 Å². The second-order valence-corrected chi connectivity index (χ2v) is 27.2. The van der Waals surface area contributed by atoms with Gasteiger partial charge in [-0.25, -0.2) is 9.13 Å². The van der Waals surface area contributed by atoms with Gasteiger partial charge < -0.3 is 34.2 Å². The zero-order valence-electron chi connectivity index (χ0n) is 62.9. The lowest BCUT2D eigenvalue weighted by molar-refractivity contribution is -0.161. The number of rotatable bonds is 69. The van der Waals surface area contributed by atoms with Gasteiger partial charge in [0.05, 0.1) is 26.4 Å². The Bertz CT molecular complexity index is 2750. The molecule has 103 heavy (non-hydrogen) atoms. The molecule has 0 aromatic rings. The minimum absolute atomic E-state index is 0.0318. The summed E-state index contributed by atoms with van der Waals surface area (Å²) < 4.78 is 61.0. The lowest BCUT2D eigenvalue weighted by atomic mass is 10.1. The lowest BCUT2D eigenvalue weighted by Gasteiger charge is -2.21. The monoisotopic (exact) mass is 1470 g/mol. The first-order chi connectivity index (χ1) is 50.2. The van der Waals surface area contributed by atoms with Gasteiger partial charge in [0.1, 0.15) is 25.4 Å². The summed E-state index contributed by atoms with van der Waals surface area (Å²) in [5, 5.41) is 20.6. The second kappa shape index (κ2) is 75.5. The molecule has 0 amide bonds. The van der Waals surface area contributed by atoms with E-state index in [1.165, 1.54) is 0 Å². The van der Waals surface area contributed by atoms with Gasteiger partial charge in [0.25, 0.3) is 0 Å². The van der Waals surface area contributed by atoms with E-state index in [2.05, 4.69) is 240 Å². The molecule has 0 heterocycles. The minimum Gasteiger partial charge on any atom is -0.463 e. The van der Waals surface area contributed by atoms with Gasteiger partial charge in [-0.05, 0) is 173 Å². The van der Waals surface area contributed by atoms with Crippen molar-refractivity contribution >= 4 is 33.6 Å². The summed E-state index contributed by atoms with van der Waals surface area (Å²) in [5.74, 6) is -1.70. The van der Waals surface area contributed by atoms with Gasteiger partial charge in [-0.1, -0.05) is 265 Å². The molecule has 5 unspecified atom stereocenters. The molecule has 0 aromatic carbocycles. The fourth-order valence-electron chi connectivity index (χ4n) is 8.99. The molecule has 4 N–H and O–H groups in total. The van der Waals surface area contributed by atoms with E-state index >= 15 is 0 Å². The SMILES string of the molecule is CC/C=C\C/C=C\C/C=C\C/C=C\C/C=C\C/C=C\CCCCCCC(=O)OCC(O)COP(=O)(O)OCC(O)COP(=O)(O)OCC(COC(=O)CCCCCC/C=C\C/C=C\C/C=C\C/C=C\C/C=C\C/C=C\CC)OC(=O)CCCC/C=C\C/C=C\C/C=C\C/C=C\C/C=C\C/C=C\CC. The Kier molecular flexibility index (Phi) is 71.1. The first-order valence-corrected chi connectivity index (χ1v) is 41.0. The van der Waals surface area contributed by atoms with Crippen LogP contribution in [-0.2, 0) is 55.8 Å². The van der Waals surface area contributed by atoms with Crippen molar-refractivity contribution in [2.75, 3.05) is 39.6 Å². The van der Waals surface area contributed by atoms with E-state index in [9.17, 15) is 43.5 Å². The number of ether oxygens (including phenoxy) is 3. The molecule has 0 bridgehead atoms. The van der Waals surface area contributed by atoms with Gasteiger partial charge in [0.15, 0.2) is 6.10 Å². The standard InChI is InChI=1S/C85H132O16P2/c1-4-7-10-13-16-19-22-25-28-31-34-37-39-42-44-47-50-53-56-59-62-65-68-71-83(88)95-74-80(86)75-97-102(91,92)98-76-81(87)77-99-103(93,94)100-79-82(101-85(90)73-70-67-64-61-58-55-52-49-46-41-36-33-30-27-24-21-18-15-12-9-6-3)78-96-84(89)72-69-66-63-60-57-54-51-48-45-43-40-38-35-32-29-26-23-20-17-14-11-8-5-2/h7-12,16-21,25-30,34-38,41-45,49-54,58,61,80-82,86-87H,4-6,13-15,22-24,31-33,39-40,46-48,55-57,59-60,62-79H2,1-3H3,(H,91,92)(H,93,94)/b10-7-,11-8-,12-9-,19-16-,20-17-,21-18-,28-25-,29-26-,30-27-,37-34-,38-35-,41-36-,44-42-,45-43-,52-49-,53-50-,54-51-,61-58-. The summed E-state index contributed by atoms with van der Waals surface area (Å²) in [4.78, 5) is 58.7. The average molecular weight is 1470 g/mol. The molecule has 5 atom stereocenters. The van der Waals surface area contributed by atoms with Crippen LogP contribution < -0.4 is 0 Å². The van der Waals surface area contributed by atoms with Crippen LogP contribution in [0.5, 0.6) is 0 Å². The number of unbranched alkanes of at least 4 members (excludes halogenated alkanes) is 10. The number of phosphoric ester groups is 2. The summed E-state index contributed by atoms with van der Waals surface area (Å²) >= 11 is 0. The molecule has 0 rings (SSSR count). The zero-order chi connectivity index (χ0) is 75.2. The van der Waals surface area contributed by atoms with Crippen LogP contribution in [0.25, 0.3) is 0 Å². The molecule has 0 aliphatic rings. The Labute approximate surface area is 622 Å². The van der Waals surface area contributed by atoms with Crippen molar-refractivity contribution in [2.24, 2.45) is 0 Å². The van der Waals surface area contributed by atoms with Crippen molar-refractivity contribution in [3.63, 3.8) is 0 Å². The van der Waals surface area contributed by atoms with Crippen LogP contribution in [0.1, 0.15) is 239 Å². The highest BCUT2D eigenvalue weighted by molar-refractivity contribution is 7.47. The van der Waals surface area contributed by atoms with Gasteiger partial charge in [-0.3, -0.25) is 32.5 Å². The average Bonchev–Trinajstić information content (AvgIpc) is 0.922. The molecule has 0 radical (unpaired) electrons. The summed E-state index contributed by atoms with van der Waals surface area (Å²) in [7, 11) is -9.85. The van der Waals surface area contributed by atoms with E-state index in [-0.39, 0.29) is 19.3 Å². The smallest absolute Gasteiger partial charge is 0.463 e. The zero-order valence-corrected chi connectivity index (χ0v) is 64.7. The van der Waals surface area contributed by atoms with Gasteiger partial charge in [0, 0.05) is 19.3 Å². The fraction of sp³-hybridized carbons (Fsp3) is 0.541. The van der Waals surface area contributed by atoms with E-state index < -0.39 is 91.5 Å². The molecule has 0 saturated heterocycles. The molecular weight excluding hydrogens is 1340 g/mol. The van der Waals surface area contributed by atoms with Gasteiger partial charge in [-0.2, -0.15) is 0 Å². The number of allylic oxidation sites excluding steroid dienone is 36. The van der Waals surface area contributed by atoms with Gasteiger partial charge >= 0.3 is 33.6 Å². The Morgan fingerprint density at radius 2 is 0.485 bits per heavy atom. The number of carbonyl (C=O) groups excluding carboxylic acids is 3. The van der Waals surface area contributed by atoms with Crippen molar-refractivity contribution in [2.45, 2.75) is 257 Å². The molecule has 18 heteroatoms. The molecule has 0 spiro atoms. The summed E-state index contributed by atoms with van der Waals surface area (Å²) in [6.45, 7) is 2.17. The second-order valence-electron chi connectivity index (χ2n) is 24.3. The predicted molar refractivity (Wildman–Crippen MR) is 426 cm³/mol. The van der Waals surface area contributed by atoms with Crippen LogP contribution in [0.2, 0.25) is 0 Å². The molecule has 0 fully saturated rings. The maximum Gasteiger partial charge on any atom is 0.472 e. The summed E-state index contributed by atoms with van der Waals surface area (Å²) in [6, 6.07) is 0. The quantitative estimate of drug-likeness (QED) is 0.0146. The maximum atomic E-state index is 13.0. The van der Waals surface area contributed by atoms with Crippen molar-refractivity contribution in [3.05, 3.63) is 219 Å². The van der Waals surface area contributed by atoms with Gasteiger partial charge in [-0.15, -0.1) is 0 Å². The van der Waals surface area contributed by atoms with E-state index in [1.807, 2.05) is 0 Å². The third-order valence-electron chi connectivity index (χ3n) is 14.7. The minimum atomic E-state index is -4.97. The predicted octanol–water partition coefficient (Wildman–Crippen LogP) is 22.3. The normalized spacial score (nSPS) is 15.2. The Balaban J connectivity index is 4.85. The van der Waals surface area contributed by atoms with E-state index in [1.54, 1.807) is 0 Å². The highest BCUT2D eigenvalue weighted by atomic mass is 31.2. The Hall–Kier alpha value is -6.13. The third kappa shape index (κ3) is 76.8. The molecule has 0 aliphatic carbocycles. The molecule has 0 aromatic heterocycles. The Morgan fingerprint density at radius 1 is 0.272 bits per heavy atom.